The smallest absolute Gasteiger partial charge is 0.262 e. The maximum Gasteiger partial charge on any atom is 0.262 e. The molecule has 1 saturated heterocycles. The second-order valence-corrected chi connectivity index (χ2v) is 8.42. The molecule has 3 aromatic heterocycles. The van der Waals surface area contributed by atoms with Gasteiger partial charge in [-0.3, -0.25) is 18.7 Å². The van der Waals surface area contributed by atoms with Crippen molar-refractivity contribution in [3.63, 3.8) is 0 Å². The molecule has 1 aliphatic heterocycles. The van der Waals surface area contributed by atoms with Crippen molar-refractivity contribution in [2.24, 2.45) is 7.05 Å². The highest BCUT2D eigenvalue weighted by Crippen LogP contribution is 2.25. The van der Waals surface area contributed by atoms with Crippen molar-refractivity contribution in [1.29, 1.82) is 0 Å². The molecule has 0 amide bonds. The molecule has 4 heterocycles. The van der Waals surface area contributed by atoms with Gasteiger partial charge in [0.05, 0.1) is 36.7 Å². The van der Waals surface area contributed by atoms with Crippen LogP contribution in [0.25, 0.3) is 16.7 Å². The number of ether oxygens (including phenoxy) is 1. The van der Waals surface area contributed by atoms with Gasteiger partial charge in [-0.2, -0.15) is 0 Å². The summed E-state index contributed by atoms with van der Waals surface area (Å²) in [7, 11) is 1.74. The largest absolute Gasteiger partial charge is 0.379 e. The van der Waals surface area contributed by atoms with Gasteiger partial charge in [0.2, 0.25) is 5.78 Å². The number of morpholine rings is 1. The molecule has 1 atom stereocenters. The van der Waals surface area contributed by atoms with Gasteiger partial charge in [0, 0.05) is 31.6 Å². The number of aryl methyl sites for hydroxylation is 1. The Morgan fingerprint density at radius 1 is 1.17 bits per heavy atom. The Hall–Kier alpha value is -2.59. The third-order valence-electron chi connectivity index (χ3n) is 5.67. The first-order chi connectivity index (χ1) is 14.7. The van der Waals surface area contributed by atoms with Gasteiger partial charge in [0.15, 0.2) is 5.82 Å². The van der Waals surface area contributed by atoms with E-state index >= 15 is 0 Å². The number of thiophene rings is 1. The lowest BCUT2D eigenvalue weighted by molar-refractivity contribution is 0.0168. The Bertz CT molecular complexity index is 1210. The van der Waals surface area contributed by atoms with Crippen molar-refractivity contribution >= 4 is 28.0 Å². The fraction of sp³-hybridized carbons (Fsp3) is 0.381. The molecule has 0 spiro atoms. The summed E-state index contributed by atoms with van der Waals surface area (Å²) in [4.78, 5) is 16.4. The zero-order chi connectivity index (χ0) is 20.5. The third kappa shape index (κ3) is 3.43. The lowest BCUT2D eigenvalue weighted by Gasteiger charge is -2.34. The highest BCUT2D eigenvalue weighted by molar-refractivity contribution is 7.10. The summed E-state index contributed by atoms with van der Waals surface area (Å²) in [5.41, 5.74) is 0.774. The average molecular weight is 425 g/mol. The molecule has 156 valence electrons. The van der Waals surface area contributed by atoms with Crippen LogP contribution in [-0.2, 0) is 18.3 Å². The van der Waals surface area contributed by atoms with E-state index < -0.39 is 0 Å². The topological polar surface area (TPSA) is 76.7 Å². The molecule has 9 heteroatoms. The summed E-state index contributed by atoms with van der Waals surface area (Å²) in [6.45, 7) is 4.79. The molecule has 0 aliphatic carbocycles. The quantitative estimate of drug-likeness (QED) is 0.509. The summed E-state index contributed by atoms with van der Waals surface area (Å²) >= 11 is 1.79. The van der Waals surface area contributed by atoms with Crippen molar-refractivity contribution in [3.8, 4) is 0 Å². The molecule has 1 unspecified atom stereocenters. The van der Waals surface area contributed by atoms with Crippen LogP contribution in [0.4, 0.5) is 0 Å². The number of benzene rings is 1. The first kappa shape index (κ1) is 19.4. The van der Waals surface area contributed by atoms with Crippen LogP contribution in [0.1, 0.15) is 16.7 Å². The maximum atomic E-state index is 12.6. The molecular formula is C21H24N6O2S. The molecule has 4 aromatic rings. The molecule has 1 fully saturated rings. The van der Waals surface area contributed by atoms with E-state index in [1.54, 1.807) is 23.0 Å². The Morgan fingerprint density at radius 3 is 2.80 bits per heavy atom. The van der Waals surface area contributed by atoms with Gasteiger partial charge in [-0.25, -0.2) is 0 Å². The van der Waals surface area contributed by atoms with E-state index in [1.165, 1.54) is 4.88 Å². The lowest BCUT2D eigenvalue weighted by Crippen LogP contribution is -2.42. The van der Waals surface area contributed by atoms with Crippen LogP contribution in [0.2, 0.25) is 0 Å². The molecule has 5 rings (SSSR count). The van der Waals surface area contributed by atoms with Gasteiger partial charge in [0.25, 0.3) is 5.56 Å². The number of nitrogens with one attached hydrogen (secondary N) is 1. The van der Waals surface area contributed by atoms with Crippen molar-refractivity contribution in [1.82, 2.24) is 29.4 Å². The first-order valence-electron chi connectivity index (χ1n) is 10.1. The normalized spacial score (nSPS) is 16.4. The van der Waals surface area contributed by atoms with Crippen molar-refractivity contribution in [3.05, 3.63) is 62.8 Å². The summed E-state index contributed by atoms with van der Waals surface area (Å²) in [5.74, 6) is 1.35. The van der Waals surface area contributed by atoms with Crippen LogP contribution >= 0.6 is 11.3 Å². The van der Waals surface area contributed by atoms with E-state index in [4.69, 9.17) is 4.74 Å². The number of hydrogen-bond donors (Lipinski definition) is 1. The highest BCUT2D eigenvalue weighted by atomic mass is 32.1. The Kier molecular flexibility index (Phi) is 5.34. The number of para-hydroxylation sites is 1. The summed E-state index contributed by atoms with van der Waals surface area (Å²) in [6.07, 6.45) is 0. The van der Waals surface area contributed by atoms with Crippen LogP contribution in [0.15, 0.2) is 46.6 Å². The van der Waals surface area contributed by atoms with Gasteiger partial charge < -0.3 is 10.1 Å². The number of hydrogen-bond acceptors (Lipinski definition) is 7. The summed E-state index contributed by atoms with van der Waals surface area (Å²) in [5, 5.41) is 15.0. The Morgan fingerprint density at radius 2 is 2.00 bits per heavy atom. The van der Waals surface area contributed by atoms with E-state index in [0.717, 1.165) is 44.2 Å². The average Bonchev–Trinajstić information content (AvgIpc) is 3.46. The monoisotopic (exact) mass is 424 g/mol. The summed E-state index contributed by atoms with van der Waals surface area (Å²) < 4.78 is 9.06. The molecule has 1 aromatic carbocycles. The van der Waals surface area contributed by atoms with Crippen LogP contribution in [0.3, 0.4) is 0 Å². The predicted molar refractivity (Wildman–Crippen MR) is 117 cm³/mol. The molecule has 1 N–H and O–H groups in total. The van der Waals surface area contributed by atoms with Gasteiger partial charge in [-0.05, 0) is 23.6 Å². The maximum absolute atomic E-state index is 12.6. The Balaban J connectivity index is 1.41. The van der Waals surface area contributed by atoms with E-state index in [0.29, 0.717) is 23.8 Å². The molecule has 30 heavy (non-hydrogen) atoms. The van der Waals surface area contributed by atoms with Crippen LogP contribution in [0.5, 0.6) is 0 Å². The van der Waals surface area contributed by atoms with Crippen LogP contribution in [0, 0.1) is 0 Å². The van der Waals surface area contributed by atoms with Crippen LogP contribution < -0.4 is 10.9 Å². The van der Waals surface area contributed by atoms with E-state index in [-0.39, 0.29) is 5.56 Å². The van der Waals surface area contributed by atoms with Gasteiger partial charge >= 0.3 is 0 Å². The standard InChI is InChI=1S/C21H24N6O2S/c1-25-20(28)15-5-2-3-6-16(15)27-19(23-24-21(25)27)14-22-13-17(18-7-4-12-30-18)26-8-10-29-11-9-26/h2-7,12,17,22H,8-11,13-14H2,1H3. The van der Waals surface area contributed by atoms with Crippen molar-refractivity contribution in [2.45, 2.75) is 12.6 Å². The SMILES string of the molecule is Cn1c(=O)c2ccccc2n2c(CNCC(c3cccs3)N3CCOCC3)nnc12. The number of fused-ring (bicyclic) bond motifs is 3. The van der Waals surface area contributed by atoms with E-state index in [2.05, 4.69) is 37.9 Å². The molecular weight excluding hydrogens is 400 g/mol. The van der Waals surface area contributed by atoms with Crippen molar-refractivity contribution in [2.75, 3.05) is 32.8 Å². The van der Waals surface area contributed by atoms with Gasteiger partial charge in [-0.15, -0.1) is 21.5 Å². The fourth-order valence-electron chi connectivity index (χ4n) is 4.11. The number of rotatable bonds is 6. The number of aromatic nitrogens is 4. The second kappa shape index (κ2) is 8.27. The molecule has 8 nitrogen and oxygen atoms in total. The molecule has 0 radical (unpaired) electrons. The molecule has 0 saturated carbocycles. The van der Waals surface area contributed by atoms with Crippen LogP contribution in [-0.4, -0.2) is 56.9 Å². The zero-order valence-electron chi connectivity index (χ0n) is 16.8. The minimum absolute atomic E-state index is 0.0601. The zero-order valence-corrected chi connectivity index (χ0v) is 17.6. The van der Waals surface area contributed by atoms with Gasteiger partial charge in [0.1, 0.15) is 0 Å². The van der Waals surface area contributed by atoms with Gasteiger partial charge in [-0.1, -0.05) is 18.2 Å². The lowest BCUT2D eigenvalue weighted by atomic mass is 10.2. The number of nitrogens with zero attached hydrogens (tertiary/aromatic N) is 5. The first-order valence-corrected chi connectivity index (χ1v) is 11.0. The second-order valence-electron chi connectivity index (χ2n) is 7.44. The minimum atomic E-state index is -0.0601. The summed E-state index contributed by atoms with van der Waals surface area (Å²) in [6, 6.07) is 12.2. The van der Waals surface area contributed by atoms with E-state index in [9.17, 15) is 4.79 Å². The fourth-order valence-corrected chi connectivity index (χ4v) is 4.97. The minimum Gasteiger partial charge on any atom is -0.379 e. The van der Waals surface area contributed by atoms with E-state index in [1.807, 2.05) is 28.7 Å². The third-order valence-corrected chi connectivity index (χ3v) is 6.65. The molecule has 0 bridgehead atoms. The Labute approximate surface area is 177 Å². The molecule has 1 aliphatic rings. The highest BCUT2D eigenvalue weighted by Gasteiger charge is 2.23. The van der Waals surface area contributed by atoms with Crippen molar-refractivity contribution < 1.29 is 4.74 Å². The predicted octanol–water partition coefficient (Wildman–Crippen LogP) is 1.81.